The summed E-state index contributed by atoms with van der Waals surface area (Å²) in [5, 5.41) is 14.4. The van der Waals surface area contributed by atoms with E-state index in [1.165, 1.54) is 10.7 Å². The minimum atomic E-state index is -3.44. The van der Waals surface area contributed by atoms with Crippen molar-refractivity contribution in [2.45, 2.75) is 81.6 Å². The Kier molecular flexibility index (Phi) is 6.53. The Morgan fingerprint density at radius 1 is 1.12 bits per heavy atom. The largest absolute Gasteiger partial charge is 0.364 e. The molecule has 0 unspecified atom stereocenters. The van der Waals surface area contributed by atoms with Crippen LogP contribution >= 0.6 is 0 Å². The van der Waals surface area contributed by atoms with E-state index < -0.39 is 42.0 Å². The van der Waals surface area contributed by atoms with Crippen molar-refractivity contribution < 1.29 is 31.8 Å². The van der Waals surface area contributed by atoms with E-state index in [2.05, 4.69) is 25.7 Å². The Morgan fingerprint density at radius 2 is 1.85 bits per heavy atom. The van der Waals surface area contributed by atoms with Crippen molar-refractivity contribution in [2.24, 2.45) is 23.5 Å². The zero-order valence-corrected chi connectivity index (χ0v) is 21.5. The Morgan fingerprint density at radius 3 is 2.50 bits per heavy atom. The lowest BCUT2D eigenvalue weighted by molar-refractivity contribution is -0.148. The van der Waals surface area contributed by atoms with Crippen molar-refractivity contribution in [1.82, 2.24) is 30.2 Å². The van der Waals surface area contributed by atoms with Gasteiger partial charge < -0.3 is 11.1 Å². The normalized spacial score (nSPS) is 21.3. The number of amides is 2. The second kappa shape index (κ2) is 9.81. The molecule has 3 heterocycles. The van der Waals surface area contributed by atoms with Crippen LogP contribution in [-0.2, 0) is 4.79 Å². The number of carbonyl (C=O) groups is 2. The van der Waals surface area contributed by atoms with Gasteiger partial charge in [-0.2, -0.15) is 13.9 Å². The molecule has 3 aromatic heterocycles. The number of carbonyl (C=O) groups excluding carboxylic acids is 2. The van der Waals surface area contributed by atoms with E-state index in [1.807, 2.05) is 0 Å². The Labute approximate surface area is 226 Å². The van der Waals surface area contributed by atoms with Crippen molar-refractivity contribution in [2.75, 3.05) is 0 Å². The summed E-state index contributed by atoms with van der Waals surface area (Å²) < 4.78 is 63.2. The molecule has 0 bridgehead atoms. The number of fused-ring (bicyclic) bond motifs is 1. The van der Waals surface area contributed by atoms with Gasteiger partial charge in [0.25, 0.3) is 11.8 Å². The minimum Gasteiger partial charge on any atom is -0.364 e. The molecule has 0 aromatic carbocycles. The van der Waals surface area contributed by atoms with E-state index in [9.17, 15) is 27.2 Å². The first kappa shape index (κ1) is 26.6. The molecular formula is C26H29F4N7O3. The Hall–Kier alpha value is -3.58. The van der Waals surface area contributed by atoms with Crippen LogP contribution in [-0.4, -0.2) is 48.6 Å². The van der Waals surface area contributed by atoms with Crippen LogP contribution in [0.2, 0.25) is 0 Å². The van der Waals surface area contributed by atoms with Crippen molar-refractivity contribution in [3.63, 3.8) is 0 Å². The number of alkyl halides is 4. The summed E-state index contributed by atoms with van der Waals surface area (Å²) in [5.74, 6) is -9.53. The molecule has 214 valence electrons. The van der Waals surface area contributed by atoms with Gasteiger partial charge in [0.2, 0.25) is 5.92 Å². The van der Waals surface area contributed by atoms with Gasteiger partial charge in [0.15, 0.2) is 11.3 Å². The van der Waals surface area contributed by atoms with E-state index in [1.54, 1.807) is 12.3 Å². The number of imidazole rings is 1. The second-order valence-corrected chi connectivity index (χ2v) is 11.4. The zero-order chi connectivity index (χ0) is 28.2. The molecule has 0 radical (unpaired) electrons. The molecule has 3 aliphatic rings. The number of aromatic nitrogens is 5. The van der Waals surface area contributed by atoms with Gasteiger partial charge in [-0.25, -0.2) is 22.9 Å². The molecule has 0 aliphatic heterocycles. The maximum Gasteiger partial charge on any atom is 0.324 e. The first-order chi connectivity index (χ1) is 19.0. The van der Waals surface area contributed by atoms with Gasteiger partial charge in [0.1, 0.15) is 5.69 Å². The standard InChI is InChI=1S/C26H29F4N7O3/c27-25(28)7-5-14(6-8-25)19(21-22(23(31)38)36-40-35-21)17-12-37-18(33-17)9-16(11-32-37)20(15-3-4-15)34-24(39)26(29,30)10-13-1-2-13/h9,11-15,19-20H,1-8,10H2,(H2,31,38)(H,34,39)/t19-,20+/m0/s1. The molecule has 3 saturated carbocycles. The quantitative estimate of drug-likeness (QED) is 0.353. The van der Waals surface area contributed by atoms with Crippen LogP contribution in [0.25, 0.3) is 5.65 Å². The van der Waals surface area contributed by atoms with Crippen LogP contribution in [0.4, 0.5) is 17.6 Å². The fourth-order valence-electron chi connectivity index (χ4n) is 5.73. The molecule has 2 atom stereocenters. The maximum absolute atomic E-state index is 14.5. The molecule has 3 aromatic rings. The van der Waals surface area contributed by atoms with Crippen LogP contribution in [0.15, 0.2) is 23.1 Å². The molecule has 10 nitrogen and oxygen atoms in total. The second-order valence-electron chi connectivity index (χ2n) is 11.4. The summed E-state index contributed by atoms with van der Waals surface area (Å²) in [6.45, 7) is 0. The Bertz CT molecular complexity index is 1420. The number of nitrogens with zero attached hydrogens (tertiary/aromatic N) is 5. The third-order valence-corrected chi connectivity index (χ3v) is 8.27. The summed E-state index contributed by atoms with van der Waals surface area (Å²) in [7, 11) is 0. The molecular weight excluding hydrogens is 534 g/mol. The van der Waals surface area contributed by atoms with Crippen molar-refractivity contribution in [1.29, 1.82) is 0 Å². The lowest BCUT2D eigenvalue weighted by Crippen LogP contribution is -2.43. The molecule has 2 amide bonds. The molecule has 40 heavy (non-hydrogen) atoms. The number of halogens is 4. The fraction of sp³-hybridized carbons (Fsp3) is 0.615. The topological polar surface area (TPSA) is 141 Å². The molecule has 3 fully saturated rings. The summed E-state index contributed by atoms with van der Waals surface area (Å²) in [5.41, 5.74) is 6.69. The van der Waals surface area contributed by atoms with E-state index in [-0.39, 0.29) is 54.8 Å². The minimum absolute atomic E-state index is 0.00958. The zero-order valence-electron chi connectivity index (χ0n) is 21.5. The fourth-order valence-corrected chi connectivity index (χ4v) is 5.73. The number of nitrogens with one attached hydrogen (secondary N) is 1. The smallest absolute Gasteiger partial charge is 0.324 e. The summed E-state index contributed by atoms with van der Waals surface area (Å²) in [4.78, 5) is 29.2. The van der Waals surface area contributed by atoms with Crippen LogP contribution in [0.5, 0.6) is 0 Å². The van der Waals surface area contributed by atoms with Crippen molar-refractivity contribution in [3.8, 4) is 0 Å². The highest BCUT2D eigenvalue weighted by Crippen LogP contribution is 2.46. The summed E-state index contributed by atoms with van der Waals surface area (Å²) in [6, 6.07) is 1.02. The van der Waals surface area contributed by atoms with E-state index in [4.69, 9.17) is 10.4 Å². The van der Waals surface area contributed by atoms with Gasteiger partial charge in [-0.1, -0.05) is 5.16 Å². The highest BCUT2D eigenvalue weighted by Gasteiger charge is 2.46. The number of primary amides is 1. The van der Waals surface area contributed by atoms with Gasteiger partial charge >= 0.3 is 5.92 Å². The Balaban J connectivity index is 1.31. The highest BCUT2D eigenvalue weighted by atomic mass is 19.3. The van der Waals surface area contributed by atoms with Gasteiger partial charge in [-0.05, 0) is 73.1 Å². The van der Waals surface area contributed by atoms with Gasteiger partial charge in [-0.15, -0.1) is 0 Å². The van der Waals surface area contributed by atoms with E-state index >= 15 is 0 Å². The summed E-state index contributed by atoms with van der Waals surface area (Å²) in [6.07, 6.45) is 5.32. The van der Waals surface area contributed by atoms with Gasteiger partial charge in [-0.3, -0.25) is 9.59 Å². The molecule has 3 N–H and O–H groups in total. The first-order valence-corrected chi connectivity index (χ1v) is 13.5. The highest BCUT2D eigenvalue weighted by molar-refractivity contribution is 5.91. The van der Waals surface area contributed by atoms with Gasteiger partial charge in [0.05, 0.1) is 30.0 Å². The van der Waals surface area contributed by atoms with Crippen molar-refractivity contribution >= 4 is 17.5 Å². The molecule has 0 saturated heterocycles. The molecule has 3 aliphatic carbocycles. The van der Waals surface area contributed by atoms with Crippen LogP contribution in [0.1, 0.15) is 97.2 Å². The van der Waals surface area contributed by atoms with E-state index in [0.717, 1.165) is 12.8 Å². The molecule has 0 spiro atoms. The first-order valence-electron chi connectivity index (χ1n) is 13.5. The van der Waals surface area contributed by atoms with Gasteiger partial charge in [0, 0.05) is 19.3 Å². The lowest BCUT2D eigenvalue weighted by Gasteiger charge is -2.32. The number of hydrogen-bond acceptors (Lipinski definition) is 7. The average molecular weight is 564 g/mol. The SMILES string of the molecule is NC(=O)c1nonc1[C@H](c1cn2ncc([C@H](NC(=O)C(F)(F)CC3CC3)C3CC3)cc2n1)C1CCC(F)(F)CC1. The predicted octanol–water partition coefficient (Wildman–Crippen LogP) is 4.17. The summed E-state index contributed by atoms with van der Waals surface area (Å²) >= 11 is 0. The number of nitrogens with two attached hydrogens (primary N) is 1. The number of rotatable bonds is 10. The van der Waals surface area contributed by atoms with E-state index in [0.29, 0.717) is 29.7 Å². The van der Waals surface area contributed by atoms with Crippen LogP contribution in [0, 0.1) is 17.8 Å². The van der Waals surface area contributed by atoms with Crippen molar-refractivity contribution in [3.05, 3.63) is 41.1 Å². The third kappa shape index (κ3) is 5.39. The molecule has 14 heteroatoms. The van der Waals surface area contributed by atoms with Crippen LogP contribution < -0.4 is 11.1 Å². The van der Waals surface area contributed by atoms with Crippen LogP contribution in [0.3, 0.4) is 0 Å². The lowest BCUT2D eigenvalue weighted by atomic mass is 9.75. The average Bonchev–Trinajstić information content (AvgIpc) is 3.81. The maximum atomic E-state index is 14.5. The predicted molar refractivity (Wildman–Crippen MR) is 130 cm³/mol. The third-order valence-electron chi connectivity index (χ3n) is 8.27. The number of hydrogen-bond donors (Lipinski definition) is 2. The molecule has 6 rings (SSSR count). The monoisotopic (exact) mass is 563 g/mol.